The second kappa shape index (κ2) is 14.1. The largest absolute Gasteiger partial charge is 0.331 e. The highest BCUT2D eigenvalue weighted by Gasteiger charge is 2.07. The van der Waals surface area contributed by atoms with Crippen LogP contribution in [-0.2, 0) is 10.1 Å². The minimum absolute atomic E-state index is 0.0666. The van der Waals surface area contributed by atoms with E-state index in [1.807, 2.05) is 6.92 Å². The van der Waals surface area contributed by atoms with Crippen LogP contribution in [0, 0.1) is 6.92 Å². The molecule has 1 rings (SSSR count). The fourth-order valence-corrected chi connectivity index (χ4v) is 3.26. The monoisotopic (exact) mass is 400 g/mol. The average Bonchev–Trinajstić information content (AvgIpc) is 2.56. The van der Waals surface area contributed by atoms with Crippen molar-refractivity contribution in [2.45, 2.75) is 83.0 Å². The summed E-state index contributed by atoms with van der Waals surface area (Å²) in [6.07, 6.45) is 14.4. The molecule has 1 aromatic carbocycles. The molecule has 1 N–H and O–H groups in total. The molecule has 0 saturated carbocycles. The summed E-state index contributed by atoms with van der Waals surface area (Å²) in [5.41, 5.74) is 0.956. The van der Waals surface area contributed by atoms with Crippen LogP contribution in [0.1, 0.15) is 76.7 Å². The molecule has 158 valence electrons. The number of nitrogens with zero attached hydrogens (tertiary/aromatic N) is 1. The smallest absolute Gasteiger partial charge is 0.294 e. The third-order valence-electron chi connectivity index (χ3n) is 4.50. The van der Waals surface area contributed by atoms with Crippen LogP contribution in [0.2, 0.25) is 0 Å². The van der Waals surface area contributed by atoms with E-state index in [0.29, 0.717) is 0 Å². The minimum atomic E-state index is -4.02. The Labute approximate surface area is 168 Å². The molecule has 0 radical (unpaired) electrons. The van der Waals surface area contributed by atoms with Crippen molar-refractivity contribution in [2.75, 3.05) is 27.7 Å². The molecule has 0 heterocycles. The van der Waals surface area contributed by atoms with E-state index in [0.717, 1.165) is 10.0 Å². The summed E-state index contributed by atoms with van der Waals surface area (Å²) in [4.78, 5) is -0.0666. The standard InChI is InChI=1S/C15H34N.C7H8O3S/c1-5-6-7-8-9-10-11-12-13-14-15-16(2,3)4;1-6-2-4-7(5-3-6)11(8,9)10/h5-15H2,1-4H3;2-5H,1H3,(H,8,9,10)/q+1;. The van der Waals surface area contributed by atoms with Crippen molar-refractivity contribution < 1.29 is 17.5 Å². The Kier molecular flexibility index (Phi) is 13.7. The molecule has 4 nitrogen and oxygen atoms in total. The lowest BCUT2D eigenvalue weighted by molar-refractivity contribution is -0.870. The molecule has 0 aliphatic carbocycles. The lowest BCUT2D eigenvalue weighted by atomic mass is 10.1. The summed E-state index contributed by atoms with van der Waals surface area (Å²) in [7, 11) is 2.84. The molecule has 0 amide bonds. The Hall–Kier alpha value is -0.910. The number of rotatable bonds is 12. The second-order valence-electron chi connectivity index (χ2n) is 8.48. The molecular formula is C22H42NO3S+. The first-order chi connectivity index (χ1) is 12.6. The quantitative estimate of drug-likeness (QED) is 0.272. The van der Waals surface area contributed by atoms with E-state index in [4.69, 9.17) is 4.55 Å². The van der Waals surface area contributed by atoms with Gasteiger partial charge in [-0.3, -0.25) is 4.55 Å². The highest BCUT2D eigenvalue weighted by atomic mass is 32.2. The zero-order valence-corrected chi connectivity index (χ0v) is 19.0. The summed E-state index contributed by atoms with van der Waals surface area (Å²) in [6, 6.07) is 5.99. The molecule has 0 atom stereocenters. The fraction of sp³-hybridized carbons (Fsp3) is 0.727. The Morgan fingerprint density at radius 1 is 0.778 bits per heavy atom. The number of benzene rings is 1. The van der Waals surface area contributed by atoms with Gasteiger partial charge in [-0.1, -0.05) is 76.0 Å². The highest BCUT2D eigenvalue weighted by Crippen LogP contribution is 2.11. The van der Waals surface area contributed by atoms with E-state index in [9.17, 15) is 8.42 Å². The maximum absolute atomic E-state index is 10.5. The third kappa shape index (κ3) is 17.0. The predicted octanol–water partition coefficient (Wildman–Crippen LogP) is 5.86. The molecule has 0 aromatic heterocycles. The van der Waals surface area contributed by atoms with Gasteiger partial charge in [0.2, 0.25) is 0 Å². The van der Waals surface area contributed by atoms with Gasteiger partial charge < -0.3 is 4.48 Å². The Morgan fingerprint density at radius 3 is 1.56 bits per heavy atom. The van der Waals surface area contributed by atoms with E-state index < -0.39 is 10.1 Å². The van der Waals surface area contributed by atoms with Crippen molar-refractivity contribution in [1.82, 2.24) is 0 Å². The van der Waals surface area contributed by atoms with E-state index in [1.165, 1.54) is 82.9 Å². The van der Waals surface area contributed by atoms with Gasteiger partial charge in [-0.2, -0.15) is 8.42 Å². The number of aryl methyl sites for hydroxylation is 1. The summed E-state index contributed by atoms with van der Waals surface area (Å²) < 4.78 is 30.7. The number of hydrogen-bond acceptors (Lipinski definition) is 2. The first-order valence-corrected chi connectivity index (χ1v) is 11.8. The number of hydrogen-bond donors (Lipinski definition) is 1. The molecular weight excluding hydrogens is 358 g/mol. The predicted molar refractivity (Wildman–Crippen MR) is 116 cm³/mol. The van der Waals surface area contributed by atoms with Gasteiger partial charge in [0.15, 0.2) is 0 Å². The first-order valence-electron chi connectivity index (χ1n) is 10.4. The van der Waals surface area contributed by atoms with Crippen LogP contribution in [0.3, 0.4) is 0 Å². The normalized spacial score (nSPS) is 11.8. The zero-order chi connectivity index (χ0) is 20.8. The van der Waals surface area contributed by atoms with Crippen molar-refractivity contribution in [3.05, 3.63) is 29.8 Å². The van der Waals surface area contributed by atoms with E-state index >= 15 is 0 Å². The molecule has 5 heteroatoms. The topological polar surface area (TPSA) is 54.4 Å². The molecule has 27 heavy (non-hydrogen) atoms. The molecule has 0 aliphatic heterocycles. The van der Waals surface area contributed by atoms with Crippen LogP contribution in [0.5, 0.6) is 0 Å². The van der Waals surface area contributed by atoms with Crippen molar-refractivity contribution in [2.24, 2.45) is 0 Å². The van der Waals surface area contributed by atoms with Crippen LogP contribution in [0.4, 0.5) is 0 Å². The third-order valence-corrected chi connectivity index (χ3v) is 5.37. The molecule has 1 aromatic rings. The summed E-state index contributed by atoms with van der Waals surface area (Å²) in [5.74, 6) is 0. The molecule has 0 aliphatic rings. The van der Waals surface area contributed by atoms with Gasteiger partial charge >= 0.3 is 0 Å². The Morgan fingerprint density at radius 2 is 1.19 bits per heavy atom. The molecule has 0 fully saturated rings. The van der Waals surface area contributed by atoms with Crippen LogP contribution in [0.15, 0.2) is 29.2 Å². The van der Waals surface area contributed by atoms with Crippen LogP contribution >= 0.6 is 0 Å². The molecule has 0 unspecified atom stereocenters. The molecule has 0 bridgehead atoms. The summed E-state index contributed by atoms with van der Waals surface area (Å²) in [6.45, 7) is 5.46. The zero-order valence-electron chi connectivity index (χ0n) is 18.2. The van der Waals surface area contributed by atoms with Gasteiger partial charge in [0.05, 0.1) is 32.6 Å². The van der Waals surface area contributed by atoms with Gasteiger partial charge in [-0.25, -0.2) is 0 Å². The molecule has 0 spiro atoms. The van der Waals surface area contributed by atoms with Crippen LogP contribution in [-0.4, -0.2) is 45.1 Å². The van der Waals surface area contributed by atoms with E-state index in [-0.39, 0.29) is 4.90 Å². The molecule has 0 saturated heterocycles. The lowest BCUT2D eigenvalue weighted by Crippen LogP contribution is -2.35. The van der Waals surface area contributed by atoms with Crippen molar-refractivity contribution in [3.8, 4) is 0 Å². The van der Waals surface area contributed by atoms with Crippen molar-refractivity contribution >= 4 is 10.1 Å². The SMILES string of the molecule is CCCCCCCCCCCC[N+](C)(C)C.Cc1ccc(S(=O)(=O)O)cc1. The van der Waals surface area contributed by atoms with Crippen LogP contribution < -0.4 is 0 Å². The Bertz CT molecular complexity index is 575. The lowest BCUT2D eigenvalue weighted by Gasteiger charge is -2.23. The average molecular weight is 401 g/mol. The number of quaternary nitrogens is 1. The van der Waals surface area contributed by atoms with E-state index in [1.54, 1.807) is 12.1 Å². The van der Waals surface area contributed by atoms with Gasteiger partial charge in [0.25, 0.3) is 10.1 Å². The fourth-order valence-electron chi connectivity index (χ4n) is 2.78. The van der Waals surface area contributed by atoms with E-state index in [2.05, 4.69) is 28.1 Å². The Balaban J connectivity index is 0.000000533. The summed E-state index contributed by atoms with van der Waals surface area (Å²) in [5, 5.41) is 0. The minimum Gasteiger partial charge on any atom is -0.331 e. The second-order valence-corrected chi connectivity index (χ2v) is 9.91. The van der Waals surface area contributed by atoms with Crippen molar-refractivity contribution in [1.29, 1.82) is 0 Å². The summed E-state index contributed by atoms with van der Waals surface area (Å²) >= 11 is 0. The van der Waals surface area contributed by atoms with Gasteiger partial charge in [-0.15, -0.1) is 0 Å². The maximum Gasteiger partial charge on any atom is 0.294 e. The van der Waals surface area contributed by atoms with Gasteiger partial charge in [0, 0.05) is 0 Å². The van der Waals surface area contributed by atoms with Gasteiger partial charge in [0.1, 0.15) is 0 Å². The van der Waals surface area contributed by atoms with Crippen molar-refractivity contribution in [3.63, 3.8) is 0 Å². The first kappa shape index (κ1) is 26.1. The van der Waals surface area contributed by atoms with Crippen LogP contribution in [0.25, 0.3) is 0 Å². The number of unbranched alkanes of at least 4 members (excludes halogenated alkanes) is 9. The maximum atomic E-state index is 10.5. The van der Waals surface area contributed by atoms with Gasteiger partial charge in [-0.05, 0) is 31.9 Å². The highest BCUT2D eigenvalue weighted by molar-refractivity contribution is 7.85.